The third kappa shape index (κ3) is 9.39. The van der Waals surface area contributed by atoms with E-state index in [0.717, 1.165) is 32.7 Å². The number of alkyl carbamates (subject to hydrolysis) is 1. The summed E-state index contributed by atoms with van der Waals surface area (Å²) in [7, 11) is 1.23. The van der Waals surface area contributed by atoms with Gasteiger partial charge in [0.1, 0.15) is 30.3 Å². The summed E-state index contributed by atoms with van der Waals surface area (Å²) in [5, 5.41) is 6.85. The van der Waals surface area contributed by atoms with E-state index < -0.39 is 23.2 Å². The zero-order chi connectivity index (χ0) is 34.7. The summed E-state index contributed by atoms with van der Waals surface area (Å²) in [6.45, 7) is 6.53. The van der Waals surface area contributed by atoms with Crippen LogP contribution in [-0.2, 0) is 33.2 Å². The van der Waals surface area contributed by atoms with Crippen LogP contribution in [-0.4, -0.2) is 96.4 Å². The molecule has 0 saturated heterocycles. The van der Waals surface area contributed by atoms with E-state index in [1.54, 1.807) is 20.8 Å². The molecule has 4 aromatic rings. The Balaban J connectivity index is 1.39. The Morgan fingerprint density at radius 3 is 1.55 bits per heavy atom. The Hall–Kier alpha value is -4.42. The second kappa shape index (κ2) is 16.8. The van der Waals surface area contributed by atoms with Gasteiger partial charge in [-0.15, -0.1) is 0 Å². The van der Waals surface area contributed by atoms with Gasteiger partial charge in [0.25, 0.3) is 0 Å². The molecule has 1 aliphatic heterocycles. The van der Waals surface area contributed by atoms with Crippen LogP contribution in [0.2, 0.25) is 0 Å². The first-order valence-electron chi connectivity index (χ1n) is 16.4. The van der Waals surface area contributed by atoms with Gasteiger partial charge < -0.3 is 43.2 Å². The Morgan fingerprint density at radius 1 is 0.633 bits per heavy atom. The van der Waals surface area contributed by atoms with Crippen molar-refractivity contribution < 1.29 is 47.5 Å². The van der Waals surface area contributed by atoms with Crippen LogP contribution in [0.3, 0.4) is 0 Å². The first kappa shape index (κ1) is 35.9. The standard InChI is InChI=1S/C38H45NO10/c1-37(2,3)49-36(41)39-38(35(40)42-4)25-45-19-17-43-21-23-47-31-15-13-27-9-5-7-11-29(27)33(31)34-30-12-8-6-10-28(30)14-16-32(34)48-24-22-44-18-20-46-26-38/h5-16H,17-26H2,1-4H3,(H,39,41). The number of hydrogen-bond donors (Lipinski definition) is 1. The van der Waals surface area contributed by atoms with Gasteiger partial charge in [-0.2, -0.15) is 0 Å². The van der Waals surface area contributed by atoms with Crippen molar-refractivity contribution in [1.29, 1.82) is 0 Å². The van der Waals surface area contributed by atoms with Crippen molar-refractivity contribution in [2.45, 2.75) is 31.9 Å². The fourth-order valence-corrected chi connectivity index (χ4v) is 5.59. The molecule has 0 fully saturated rings. The van der Waals surface area contributed by atoms with Crippen LogP contribution in [0.15, 0.2) is 72.8 Å². The molecule has 11 nitrogen and oxygen atoms in total. The van der Waals surface area contributed by atoms with Gasteiger partial charge in [-0.1, -0.05) is 60.7 Å². The van der Waals surface area contributed by atoms with E-state index in [0.29, 0.717) is 11.5 Å². The predicted molar refractivity (Wildman–Crippen MR) is 185 cm³/mol. The van der Waals surface area contributed by atoms with E-state index in [-0.39, 0.29) is 66.1 Å². The Morgan fingerprint density at radius 2 is 1.08 bits per heavy atom. The molecule has 0 radical (unpaired) electrons. The topological polar surface area (TPSA) is 120 Å². The predicted octanol–water partition coefficient (Wildman–Crippen LogP) is 5.93. The van der Waals surface area contributed by atoms with Gasteiger partial charge in [0, 0.05) is 11.1 Å². The van der Waals surface area contributed by atoms with E-state index in [4.69, 9.17) is 37.9 Å². The number of esters is 1. The van der Waals surface area contributed by atoms with Gasteiger partial charge in [-0.3, -0.25) is 0 Å². The Kier molecular flexibility index (Phi) is 12.3. The molecule has 0 saturated carbocycles. The van der Waals surface area contributed by atoms with Gasteiger partial charge in [0.2, 0.25) is 0 Å². The Bertz CT molecular complexity index is 1620. The van der Waals surface area contributed by atoms with Crippen molar-refractivity contribution in [3.8, 4) is 22.6 Å². The van der Waals surface area contributed by atoms with Crippen molar-refractivity contribution in [3.63, 3.8) is 0 Å². The lowest BCUT2D eigenvalue weighted by Crippen LogP contribution is -2.62. The highest BCUT2D eigenvalue weighted by Gasteiger charge is 2.43. The number of rotatable bonds is 2. The molecule has 1 heterocycles. The van der Waals surface area contributed by atoms with Crippen LogP contribution in [0, 0.1) is 0 Å². The lowest BCUT2D eigenvalue weighted by atomic mass is 9.92. The third-order valence-electron chi connectivity index (χ3n) is 7.76. The molecular formula is C38H45NO10. The van der Waals surface area contributed by atoms with Crippen LogP contribution < -0.4 is 14.8 Å². The highest BCUT2D eigenvalue weighted by Crippen LogP contribution is 2.45. The molecule has 0 atom stereocenters. The van der Waals surface area contributed by atoms with Crippen LogP contribution >= 0.6 is 0 Å². The van der Waals surface area contributed by atoms with E-state index in [9.17, 15) is 9.59 Å². The lowest BCUT2D eigenvalue weighted by Gasteiger charge is -2.32. The average molecular weight is 676 g/mol. The normalized spacial score (nSPS) is 16.9. The van der Waals surface area contributed by atoms with Crippen molar-refractivity contribution >= 4 is 33.6 Å². The number of benzene rings is 4. The van der Waals surface area contributed by atoms with Crippen molar-refractivity contribution in [2.24, 2.45) is 0 Å². The Labute approximate surface area is 286 Å². The molecule has 0 bridgehead atoms. The molecule has 0 aromatic heterocycles. The number of amides is 1. The maximum atomic E-state index is 13.0. The summed E-state index contributed by atoms with van der Waals surface area (Å²) in [6.07, 6.45) is -0.807. The molecule has 1 aliphatic rings. The minimum absolute atomic E-state index is 0.135. The molecule has 0 spiro atoms. The SMILES string of the molecule is COC(=O)C1(NC(=O)OC(C)(C)C)COCCOCCOc2ccc3ccccc3c2-c2c(ccc3ccccc23)OCCOCCOC1. The number of carbonyl (C=O) groups is 2. The van der Waals surface area contributed by atoms with E-state index in [1.165, 1.54) is 7.11 Å². The van der Waals surface area contributed by atoms with Crippen LogP contribution in [0.4, 0.5) is 4.79 Å². The maximum Gasteiger partial charge on any atom is 0.408 e. The highest BCUT2D eigenvalue weighted by atomic mass is 16.6. The number of fused-ring (bicyclic) bond motifs is 7. The van der Waals surface area contributed by atoms with Gasteiger partial charge in [0.15, 0.2) is 5.54 Å². The first-order valence-corrected chi connectivity index (χ1v) is 16.4. The van der Waals surface area contributed by atoms with E-state index >= 15 is 0 Å². The second-order valence-electron chi connectivity index (χ2n) is 12.5. The summed E-state index contributed by atoms with van der Waals surface area (Å²) in [6, 6.07) is 24.5. The van der Waals surface area contributed by atoms with Gasteiger partial charge in [-0.25, -0.2) is 9.59 Å². The molecule has 1 N–H and O–H groups in total. The van der Waals surface area contributed by atoms with Gasteiger partial charge in [0.05, 0.1) is 60.0 Å². The van der Waals surface area contributed by atoms with Gasteiger partial charge in [-0.05, 0) is 54.4 Å². The van der Waals surface area contributed by atoms with Crippen molar-refractivity contribution in [1.82, 2.24) is 5.32 Å². The number of ether oxygens (including phenoxy) is 8. The number of methoxy groups -OCH3 is 1. The molecule has 262 valence electrons. The molecule has 4 aromatic carbocycles. The lowest BCUT2D eigenvalue weighted by molar-refractivity contribution is -0.156. The monoisotopic (exact) mass is 675 g/mol. The minimum atomic E-state index is -1.67. The largest absolute Gasteiger partial charge is 0.491 e. The maximum absolute atomic E-state index is 13.0. The van der Waals surface area contributed by atoms with Crippen molar-refractivity contribution in [2.75, 3.05) is 73.2 Å². The quantitative estimate of drug-likeness (QED) is 0.256. The molecule has 1 amide bonds. The molecule has 0 unspecified atom stereocenters. The zero-order valence-corrected chi connectivity index (χ0v) is 28.6. The number of hydrogen-bond acceptors (Lipinski definition) is 10. The molecular weight excluding hydrogens is 630 g/mol. The van der Waals surface area contributed by atoms with Crippen molar-refractivity contribution in [3.05, 3.63) is 72.8 Å². The average Bonchev–Trinajstić information content (AvgIpc) is 3.08. The third-order valence-corrected chi connectivity index (χ3v) is 7.76. The fraction of sp³-hybridized carbons (Fsp3) is 0.421. The summed E-state index contributed by atoms with van der Waals surface area (Å²) in [5.41, 5.74) is -0.585. The van der Waals surface area contributed by atoms with Crippen LogP contribution in [0.5, 0.6) is 11.5 Å². The summed E-state index contributed by atoms with van der Waals surface area (Å²) in [5.74, 6) is 0.669. The highest BCUT2D eigenvalue weighted by molar-refractivity contribution is 6.09. The van der Waals surface area contributed by atoms with E-state index in [1.807, 2.05) is 48.5 Å². The smallest absolute Gasteiger partial charge is 0.408 e. The molecule has 5 rings (SSSR count). The molecule has 11 heteroatoms. The van der Waals surface area contributed by atoms with Crippen LogP contribution in [0.25, 0.3) is 32.7 Å². The fourth-order valence-electron chi connectivity index (χ4n) is 5.59. The summed E-state index contributed by atoms with van der Waals surface area (Å²) in [4.78, 5) is 25.8. The van der Waals surface area contributed by atoms with Gasteiger partial charge >= 0.3 is 12.1 Å². The molecule has 0 aliphatic carbocycles. The zero-order valence-electron chi connectivity index (χ0n) is 28.6. The summed E-state index contributed by atoms with van der Waals surface area (Å²) >= 11 is 0. The van der Waals surface area contributed by atoms with Crippen LogP contribution in [0.1, 0.15) is 20.8 Å². The summed E-state index contributed by atoms with van der Waals surface area (Å²) < 4.78 is 46.5. The van der Waals surface area contributed by atoms with E-state index in [2.05, 4.69) is 29.6 Å². The first-order chi connectivity index (χ1) is 23.7. The number of carbonyl (C=O) groups excluding carboxylic acids is 2. The minimum Gasteiger partial charge on any atom is -0.491 e. The molecule has 49 heavy (non-hydrogen) atoms. The second-order valence-corrected chi connectivity index (χ2v) is 12.5. The number of nitrogens with one attached hydrogen (secondary N) is 1.